The van der Waals surface area contributed by atoms with Gasteiger partial charge in [-0.05, 0) is 31.2 Å². The monoisotopic (exact) mass is 275 g/mol. The molecule has 1 aromatic carbocycles. The predicted molar refractivity (Wildman–Crippen MR) is 73.0 cm³/mol. The van der Waals surface area contributed by atoms with Crippen LogP contribution in [-0.4, -0.2) is 22.7 Å². The second-order valence-corrected chi connectivity index (χ2v) is 4.10. The van der Waals surface area contributed by atoms with Gasteiger partial charge in [0.2, 0.25) is 17.6 Å². The molecular weight excluding hydrogens is 258 g/mol. The fraction of sp³-hybridized carbons (Fsp3) is 0.357. The zero-order valence-corrected chi connectivity index (χ0v) is 11.5. The van der Waals surface area contributed by atoms with Gasteiger partial charge in [0.1, 0.15) is 5.75 Å². The first-order valence-corrected chi connectivity index (χ1v) is 6.55. The number of hydrogen-bond acceptors (Lipinski definition) is 5. The van der Waals surface area contributed by atoms with Crippen LogP contribution in [0.4, 0.5) is 0 Å². The number of nitrogens with one attached hydrogen (secondary N) is 1. The van der Waals surface area contributed by atoms with Gasteiger partial charge in [0.15, 0.2) is 0 Å². The van der Waals surface area contributed by atoms with E-state index in [1.54, 1.807) is 6.92 Å². The van der Waals surface area contributed by atoms with Crippen LogP contribution in [0.3, 0.4) is 0 Å². The molecule has 0 radical (unpaired) electrons. The summed E-state index contributed by atoms with van der Waals surface area (Å²) in [7, 11) is 0. The minimum absolute atomic E-state index is 0.0502. The molecule has 0 aliphatic heterocycles. The van der Waals surface area contributed by atoms with Gasteiger partial charge >= 0.3 is 0 Å². The molecule has 0 aliphatic carbocycles. The van der Waals surface area contributed by atoms with E-state index in [1.807, 2.05) is 31.2 Å². The Kier molecular flexibility index (Phi) is 4.70. The van der Waals surface area contributed by atoms with Crippen molar-refractivity contribution >= 4 is 5.91 Å². The van der Waals surface area contributed by atoms with Crippen LogP contribution in [0.5, 0.6) is 5.75 Å². The number of nitrogens with zero attached hydrogens (tertiary/aromatic N) is 2. The third kappa shape index (κ3) is 3.57. The molecule has 0 unspecified atom stereocenters. The molecule has 1 amide bonds. The van der Waals surface area contributed by atoms with Gasteiger partial charge in [-0.2, -0.15) is 4.98 Å². The highest BCUT2D eigenvalue weighted by Crippen LogP contribution is 2.19. The summed E-state index contributed by atoms with van der Waals surface area (Å²) in [5.41, 5.74) is 0.838. The molecule has 6 heteroatoms. The van der Waals surface area contributed by atoms with E-state index in [4.69, 9.17) is 9.26 Å². The Balaban J connectivity index is 2.02. The van der Waals surface area contributed by atoms with Crippen LogP contribution in [0.25, 0.3) is 11.4 Å². The number of carbonyl (C=O) groups excluding carboxylic acids is 1. The van der Waals surface area contributed by atoms with Crippen molar-refractivity contribution in [1.82, 2.24) is 15.5 Å². The lowest BCUT2D eigenvalue weighted by Gasteiger charge is -2.02. The molecule has 1 aromatic heterocycles. The Morgan fingerprint density at radius 2 is 2.05 bits per heavy atom. The highest BCUT2D eigenvalue weighted by atomic mass is 16.5. The molecule has 0 bridgehead atoms. The molecule has 0 fully saturated rings. The van der Waals surface area contributed by atoms with E-state index < -0.39 is 0 Å². The topological polar surface area (TPSA) is 77.3 Å². The Morgan fingerprint density at radius 1 is 1.30 bits per heavy atom. The maximum atomic E-state index is 11.1. The fourth-order valence-corrected chi connectivity index (χ4v) is 1.61. The first-order valence-electron chi connectivity index (χ1n) is 6.55. The molecule has 6 nitrogen and oxygen atoms in total. The highest BCUT2D eigenvalue weighted by molar-refractivity contribution is 5.75. The van der Waals surface area contributed by atoms with Gasteiger partial charge in [-0.1, -0.05) is 12.1 Å². The molecular formula is C14H17N3O3. The highest BCUT2D eigenvalue weighted by Gasteiger charge is 2.09. The lowest BCUT2D eigenvalue weighted by Crippen LogP contribution is -2.21. The fourth-order valence-electron chi connectivity index (χ4n) is 1.61. The number of amides is 1. The maximum Gasteiger partial charge on any atom is 0.246 e. The average molecular weight is 275 g/mol. The van der Waals surface area contributed by atoms with E-state index in [0.717, 1.165) is 11.3 Å². The molecule has 2 rings (SSSR count). The molecule has 0 aliphatic rings. The van der Waals surface area contributed by atoms with Crippen molar-refractivity contribution in [3.8, 4) is 17.1 Å². The van der Waals surface area contributed by atoms with Crippen LogP contribution in [-0.2, 0) is 11.3 Å². The van der Waals surface area contributed by atoms with Gasteiger partial charge in [-0.25, -0.2) is 0 Å². The summed E-state index contributed by atoms with van der Waals surface area (Å²) in [6, 6.07) is 7.44. The van der Waals surface area contributed by atoms with Crippen LogP contribution in [0.1, 0.15) is 26.2 Å². The van der Waals surface area contributed by atoms with E-state index in [2.05, 4.69) is 15.5 Å². The summed E-state index contributed by atoms with van der Waals surface area (Å²) in [5.74, 6) is 1.63. The summed E-state index contributed by atoms with van der Waals surface area (Å²) in [5, 5.41) is 6.57. The van der Waals surface area contributed by atoms with Gasteiger partial charge in [-0.15, -0.1) is 0 Å². The van der Waals surface area contributed by atoms with Gasteiger partial charge < -0.3 is 14.6 Å². The summed E-state index contributed by atoms with van der Waals surface area (Å²) in [6.45, 7) is 4.60. The minimum Gasteiger partial charge on any atom is -0.494 e. The van der Waals surface area contributed by atoms with Crippen molar-refractivity contribution < 1.29 is 14.1 Å². The Bertz CT molecular complexity index is 563. The van der Waals surface area contributed by atoms with Crippen molar-refractivity contribution in [1.29, 1.82) is 0 Å². The first-order chi connectivity index (χ1) is 9.72. The van der Waals surface area contributed by atoms with Crippen molar-refractivity contribution in [3.05, 3.63) is 30.2 Å². The number of aromatic nitrogens is 2. The molecule has 0 atom stereocenters. The normalized spacial score (nSPS) is 10.3. The SMILES string of the molecule is CCOc1ccc(-c2noc(CNC(=O)CC)n2)cc1. The zero-order valence-electron chi connectivity index (χ0n) is 11.5. The standard InChI is InChI=1S/C14H17N3O3/c1-3-12(18)15-9-13-16-14(17-20-13)10-5-7-11(8-6-10)19-4-2/h5-8H,3-4,9H2,1-2H3,(H,15,18). The van der Waals surface area contributed by atoms with Gasteiger partial charge in [-0.3, -0.25) is 4.79 Å². The summed E-state index contributed by atoms with van der Waals surface area (Å²) < 4.78 is 10.5. The van der Waals surface area contributed by atoms with Crippen molar-refractivity contribution in [2.75, 3.05) is 6.61 Å². The first kappa shape index (κ1) is 14.0. The maximum absolute atomic E-state index is 11.1. The molecule has 0 saturated heterocycles. The van der Waals surface area contributed by atoms with Crippen molar-refractivity contribution in [2.45, 2.75) is 26.8 Å². The summed E-state index contributed by atoms with van der Waals surface area (Å²) in [6.07, 6.45) is 0.430. The zero-order chi connectivity index (χ0) is 14.4. The third-order valence-corrected chi connectivity index (χ3v) is 2.65. The lowest BCUT2D eigenvalue weighted by molar-refractivity contribution is -0.121. The molecule has 0 spiro atoms. The number of ether oxygens (including phenoxy) is 1. The smallest absolute Gasteiger partial charge is 0.246 e. The average Bonchev–Trinajstić information content (AvgIpc) is 2.95. The number of benzene rings is 1. The van der Waals surface area contributed by atoms with Gasteiger partial charge in [0, 0.05) is 12.0 Å². The second kappa shape index (κ2) is 6.70. The molecule has 0 saturated carbocycles. The minimum atomic E-state index is -0.0502. The molecule has 2 aromatic rings. The predicted octanol–water partition coefficient (Wildman–Crippen LogP) is 2.16. The van der Waals surface area contributed by atoms with E-state index >= 15 is 0 Å². The van der Waals surface area contributed by atoms with E-state index in [9.17, 15) is 4.79 Å². The van der Waals surface area contributed by atoms with Crippen LogP contribution < -0.4 is 10.1 Å². The Labute approximate surface area is 117 Å². The molecule has 20 heavy (non-hydrogen) atoms. The summed E-state index contributed by atoms with van der Waals surface area (Å²) >= 11 is 0. The van der Waals surface area contributed by atoms with Crippen LogP contribution >= 0.6 is 0 Å². The Hall–Kier alpha value is -2.37. The summed E-state index contributed by atoms with van der Waals surface area (Å²) in [4.78, 5) is 15.4. The quantitative estimate of drug-likeness (QED) is 0.874. The number of carbonyl (C=O) groups is 1. The van der Waals surface area contributed by atoms with Gasteiger partial charge in [0.25, 0.3) is 0 Å². The van der Waals surface area contributed by atoms with Crippen molar-refractivity contribution in [2.24, 2.45) is 0 Å². The van der Waals surface area contributed by atoms with E-state index in [0.29, 0.717) is 24.7 Å². The Morgan fingerprint density at radius 3 is 2.70 bits per heavy atom. The molecule has 1 N–H and O–H groups in total. The van der Waals surface area contributed by atoms with Crippen molar-refractivity contribution in [3.63, 3.8) is 0 Å². The lowest BCUT2D eigenvalue weighted by atomic mass is 10.2. The van der Waals surface area contributed by atoms with E-state index in [1.165, 1.54) is 0 Å². The van der Waals surface area contributed by atoms with E-state index in [-0.39, 0.29) is 12.5 Å². The molecule has 1 heterocycles. The van der Waals surface area contributed by atoms with Crippen LogP contribution in [0, 0.1) is 0 Å². The number of hydrogen-bond donors (Lipinski definition) is 1. The second-order valence-electron chi connectivity index (χ2n) is 4.10. The molecule has 106 valence electrons. The largest absolute Gasteiger partial charge is 0.494 e. The van der Waals surface area contributed by atoms with Crippen LogP contribution in [0.2, 0.25) is 0 Å². The number of rotatable bonds is 6. The third-order valence-electron chi connectivity index (χ3n) is 2.65. The van der Waals surface area contributed by atoms with Gasteiger partial charge in [0.05, 0.1) is 13.2 Å². The van der Waals surface area contributed by atoms with Crippen LogP contribution in [0.15, 0.2) is 28.8 Å².